The van der Waals surface area contributed by atoms with Gasteiger partial charge in [-0.2, -0.15) is 0 Å². The Balaban J connectivity index is 1.90. The smallest absolute Gasteiger partial charge is 0.157 e. The molecular formula is C15H22N2S. The molecule has 2 rings (SSSR count). The van der Waals surface area contributed by atoms with E-state index in [0.717, 1.165) is 23.4 Å². The van der Waals surface area contributed by atoms with Gasteiger partial charge in [-0.1, -0.05) is 68.8 Å². The van der Waals surface area contributed by atoms with Gasteiger partial charge < -0.3 is 5.32 Å². The van der Waals surface area contributed by atoms with E-state index in [4.69, 9.17) is 4.99 Å². The molecule has 1 atom stereocenters. The number of aliphatic imine (C=N–C) groups is 1. The highest BCUT2D eigenvalue weighted by atomic mass is 32.2. The van der Waals surface area contributed by atoms with Crippen LogP contribution in [0, 0.1) is 5.92 Å². The van der Waals surface area contributed by atoms with Crippen LogP contribution in [0.1, 0.15) is 38.3 Å². The number of benzene rings is 1. The Kier molecular flexibility index (Phi) is 5.12. The molecule has 98 valence electrons. The molecule has 18 heavy (non-hydrogen) atoms. The maximum atomic E-state index is 4.71. The molecule has 0 aliphatic carbocycles. The minimum absolute atomic E-state index is 0.427. The molecule has 0 radical (unpaired) electrons. The number of rotatable bonds is 5. The third-order valence-corrected chi connectivity index (χ3v) is 4.55. The van der Waals surface area contributed by atoms with E-state index in [-0.39, 0.29) is 0 Å². The van der Waals surface area contributed by atoms with Gasteiger partial charge in [-0.05, 0) is 11.5 Å². The second-order valence-corrected chi connectivity index (χ2v) is 5.76. The fourth-order valence-electron chi connectivity index (χ4n) is 2.11. The summed E-state index contributed by atoms with van der Waals surface area (Å²) in [6.07, 6.45) is 2.44. The molecule has 1 unspecified atom stereocenters. The lowest BCUT2D eigenvalue weighted by Gasteiger charge is -2.11. The summed E-state index contributed by atoms with van der Waals surface area (Å²) in [6, 6.07) is 11.1. The first-order valence-electron chi connectivity index (χ1n) is 6.82. The quantitative estimate of drug-likeness (QED) is 0.871. The lowest BCUT2D eigenvalue weighted by molar-refractivity contribution is 0.505. The number of thioether (sulfide) groups is 1. The average molecular weight is 262 g/mol. The van der Waals surface area contributed by atoms with Crippen LogP contribution in [-0.2, 0) is 0 Å². The van der Waals surface area contributed by atoms with E-state index in [9.17, 15) is 0 Å². The average Bonchev–Trinajstić information content (AvgIpc) is 2.90. The van der Waals surface area contributed by atoms with Crippen molar-refractivity contribution in [2.24, 2.45) is 10.9 Å². The second kappa shape index (κ2) is 6.83. The van der Waals surface area contributed by atoms with Crippen LogP contribution in [0.5, 0.6) is 0 Å². The minimum Gasteiger partial charge on any atom is -0.357 e. The molecule has 1 fully saturated rings. The molecule has 0 amide bonds. The fourth-order valence-corrected chi connectivity index (χ4v) is 3.10. The van der Waals surface area contributed by atoms with Gasteiger partial charge in [0.25, 0.3) is 0 Å². The van der Waals surface area contributed by atoms with Crippen LogP contribution in [0.15, 0.2) is 35.3 Å². The first kappa shape index (κ1) is 13.5. The Morgan fingerprint density at radius 3 is 2.67 bits per heavy atom. The Bertz CT molecular complexity index is 385. The number of hydrogen-bond acceptors (Lipinski definition) is 2. The van der Waals surface area contributed by atoms with Crippen LogP contribution in [-0.4, -0.2) is 17.5 Å². The molecule has 2 nitrogen and oxygen atoms in total. The van der Waals surface area contributed by atoms with Crippen molar-refractivity contribution in [2.45, 2.75) is 32.7 Å². The zero-order valence-corrected chi connectivity index (χ0v) is 12.0. The minimum atomic E-state index is 0.427. The number of nitrogens with one attached hydrogen (secondary N) is 1. The van der Waals surface area contributed by atoms with E-state index < -0.39 is 0 Å². The Labute approximate surface area is 114 Å². The van der Waals surface area contributed by atoms with Gasteiger partial charge in [0.05, 0.1) is 6.04 Å². The predicted octanol–water partition coefficient (Wildman–Crippen LogP) is 3.86. The van der Waals surface area contributed by atoms with Crippen LogP contribution in [0.4, 0.5) is 0 Å². The zero-order chi connectivity index (χ0) is 12.8. The van der Waals surface area contributed by atoms with Gasteiger partial charge >= 0.3 is 0 Å². The largest absolute Gasteiger partial charge is 0.357 e. The molecule has 3 heteroatoms. The van der Waals surface area contributed by atoms with Crippen molar-refractivity contribution in [2.75, 3.05) is 12.3 Å². The molecule has 1 aliphatic rings. The Morgan fingerprint density at radius 2 is 2.00 bits per heavy atom. The van der Waals surface area contributed by atoms with Crippen LogP contribution >= 0.6 is 11.8 Å². The first-order valence-corrected chi connectivity index (χ1v) is 7.80. The summed E-state index contributed by atoms with van der Waals surface area (Å²) in [5.74, 6) is 1.82. The maximum Gasteiger partial charge on any atom is 0.157 e. The van der Waals surface area contributed by atoms with Crippen molar-refractivity contribution in [1.82, 2.24) is 5.32 Å². The molecule has 0 saturated carbocycles. The Hall–Kier alpha value is -0.960. The SMILES string of the molecule is CCC(CC)CN=C1NC(c2ccccc2)CS1. The molecule has 0 bridgehead atoms. The third kappa shape index (κ3) is 3.52. The molecule has 1 N–H and O–H groups in total. The maximum absolute atomic E-state index is 4.71. The summed E-state index contributed by atoms with van der Waals surface area (Å²) < 4.78 is 0. The van der Waals surface area contributed by atoms with Crippen LogP contribution in [0.3, 0.4) is 0 Å². The number of hydrogen-bond donors (Lipinski definition) is 1. The van der Waals surface area contributed by atoms with Gasteiger partial charge in [-0.15, -0.1) is 0 Å². The summed E-state index contributed by atoms with van der Waals surface area (Å²) in [5.41, 5.74) is 1.36. The summed E-state index contributed by atoms with van der Waals surface area (Å²) in [7, 11) is 0. The van der Waals surface area contributed by atoms with Gasteiger partial charge in [0, 0.05) is 12.3 Å². The van der Waals surface area contributed by atoms with Crippen molar-refractivity contribution >= 4 is 16.9 Å². The standard InChI is InChI=1S/C15H22N2S/c1-3-12(4-2)10-16-15-17-14(11-18-15)13-8-6-5-7-9-13/h5-9,12,14H,3-4,10-11H2,1-2H3,(H,16,17). The summed E-state index contributed by atoms with van der Waals surface area (Å²) in [5, 5.41) is 4.64. The van der Waals surface area contributed by atoms with Crippen molar-refractivity contribution in [3.8, 4) is 0 Å². The van der Waals surface area contributed by atoms with Gasteiger partial charge in [0.15, 0.2) is 5.17 Å². The van der Waals surface area contributed by atoms with Crippen LogP contribution in [0.2, 0.25) is 0 Å². The predicted molar refractivity (Wildman–Crippen MR) is 81.2 cm³/mol. The number of amidine groups is 1. The first-order chi connectivity index (χ1) is 8.83. The normalized spacial score (nSPS) is 21.5. The van der Waals surface area contributed by atoms with E-state index in [1.807, 2.05) is 11.8 Å². The number of nitrogens with zero attached hydrogens (tertiary/aromatic N) is 1. The van der Waals surface area contributed by atoms with E-state index in [1.165, 1.54) is 18.4 Å². The fraction of sp³-hybridized carbons (Fsp3) is 0.533. The van der Waals surface area contributed by atoms with E-state index in [2.05, 4.69) is 49.5 Å². The van der Waals surface area contributed by atoms with E-state index >= 15 is 0 Å². The lowest BCUT2D eigenvalue weighted by atomic mass is 10.0. The van der Waals surface area contributed by atoms with E-state index in [0.29, 0.717) is 6.04 Å². The van der Waals surface area contributed by atoms with Crippen molar-refractivity contribution < 1.29 is 0 Å². The van der Waals surface area contributed by atoms with Gasteiger partial charge in [-0.3, -0.25) is 4.99 Å². The molecular weight excluding hydrogens is 240 g/mol. The van der Waals surface area contributed by atoms with Crippen molar-refractivity contribution in [3.05, 3.63) is 35.9 Å². The lowest BCUT2D eigenvalue weighted by Crippen LogP contribution is -2.20. The second-order valence-electron chi connectivity index (χ2n) is 4.75. The highest BCUT2D eigenvalue weighted by molar-refractivity contribution is 8.14. The monoisotopic (exact) mass is 262 g/mol. The van der Waals surface area contributed by atoms with E-state index in [1.54, 1.807) is 0 Å². The molecule has 1 aromatic rings. The highest BCUT2D eigenvalue weighted by Gasteiger charge is 2.21. The van der Waals surface area contributed by atoms with Gasteiger partial charge in [0.1, 0.15) is 0 Å². The topological polar surface area (TPSA) is 24.4 Å². The van der Waals surface area contributed by atoms with Crippen molar-refractivity contribution in [1.29, 1.82) is 0 Å². The summed E-state index contributed by atoms with van der Waals surface area (Å²) >= 11 is 1.85. The molecule has 0 aromatic heterocycles. The summed E-state index contributed by atoms with van der Waals surface area (Å²) in [6.45, 7) is 5.45. The molecule has 0 spiro atoms. The Morgan fingerprint density at radius 1 is 1.28 bits per heavy atom. The molecule has 1 heterocycles. The summed E-state index contributed by atoms with van der Waals surface area (Å²) in [4.78, 5) is 4.71. The highest BCUT2D eigenvalue weighted by Crippen LogP contribution is 2.26. The van der Waals surface area contributed by atoms with Gasteiger partial charge in [-0.25, -0.2) is 0 Å². The van der Waals surface area contributed by atoms with Crippen LogP contribution in [0.25, 0.3) is 0 Å². The van der Waals surface area contributed by atoms with Gasteiger partial charge in [0.2, 0.25) is 0 Å². The molecule has 1 aromatic carbocycles. The molecule has 1 saturated heterocycles. The van der Waals surface area contributed by atoms with Crippen LogP contribution < -0.4 is 5.32 Å². The molecule has 1 aliphatic heterocycles. The van der Waals surface area contributed by atoms with Crippen molar-refractivity contribution in [3.63, 3.8) is 0 Å². The third-order valence-electron chi connectivity index (χ3n) is 3.53. The zero-order valence-electron chi connectivity index (χ0n) is 11.2.